The summed E-state index contributed by atoms with van der Waals surface area (Å²) in [7, 11) is 2.11. The first-order valence-electron chi connectivity index (χ1n) is 8.97. The Hall–Kier alpha value is -2.80. The largest absolute Gasteiger partial charge is 0.324 e. The van der Waals surface area contributed by atoms with E-state index in [0.717, 1.165) is 60.5 Å². The molecule has 26 heavy (non-hydrogen) atoms. The Morgan fingerprint density at radius 2 is 1.92 bits per heavy atom. The number of anilines is 1. The molecular weight excluding hydrogens is 328 g/mol. The van der Waals surface area contributed by atoms with Crippen molar-refractivity contribution in [1.29, 1.82) is 0 Å². The summed E-state index contributed by atoms with van der Waals surface area (Å²) in [5, 5.41) is 4.88. The van der Waals surface area contributed by atoms with Gasteiger partial charge in [0.1, 0.15) is 11.6 Å². The first-order chi connectivity index (χ1) is 12.7. The molecule has 0 spiro atoms. The third kappa shape index (κ3) is 2.74. The summed E-state index contributed by atoms with van der Waals surface area (Å²) in [6.07, 6.45) is 7.46. The van der Waals surface area contributed by atoms with E-state index in [0.29, 0.717) is 5.82 Å². The van der Waals surface area contributed by atoms with Crippen LogP contribution in [0.4, 0.5) is 5.82 Å². The fraction of sp³-hybridized carbons (Fsp3) is 0.368. The van der Waals surface area contributed by atoms with Gasteiger partial charge in [-0.05, 0) is 37.4 Å². The minimum Gasteiger partial charge on any atom is -0.324 e. The van der Waals surface area contributed by atoms with Gasteiger partial charge in [-0.3, -0.25) is 14.7 Å². The Kier molecular flexibility index (Phi) is 3.49. The smallest absolute Gasteiger partial charge is 0.228 e. The second-order valence-electron chi connectivity index (χ2n) is 7.20. The van der Waals surface area contributed by atoms with Crippen molar-refractivity contribution in [3.63, 3.8) is 0 Å². The quantitative estimate of drug-likeness (QED) is 0.786. The van der Waals surface area contributed by atoms with E-state index in [1.807, 2.05) is 24.5 Å². The van der Waals surface area contributed by atoms with Crippen molar-refractivity contribution >= 4 is 22.5 Å². The zero-order valence-corrected chi connectivity index (χ0v) is 14.6. The lowest BCUT2D eigenvalue weighted by Crippen LogP contribution is -2.30. The first kappa shape index (κ1) is 15.5. The molecule has 1 fully saturated rings. The highest BCUT2D eigenvalue weighted by molar-refractivity contribution is 5.95. The molecule has 0 aromatic carbocycles. The van der Waals surface area contributed by atoms with Gasteiger partial charge in [-0.15, -0.1) is 0 Å². The highest BCUT2D eigenvalue weighted by Gasteiger charge is 2.29. The number of amides is 1. The average Bonchev–Trinajstić information content (AvgIpc) is 3.41. The standard InChI is InChI=1S/C19H20N6O/c1-24-4-5-25-16(10-22-18(25)11-24)15-6-13-7-17(21-9-14(13)8-20-15)23-19(26)12-2-3-12/h6-10,12H,2-5,11H2,1H3,(H,21,23,26). The molecule has 1 aliphatic carbocycles. The SMILES string of the molecule is CN1CCn2c(-c3cc4cc(NC(=O)C5CC5)ncc4cn3)cnc2C1. The number of hydrogen-bond acceptors (Lipinski definition) is 5. The molecule has 3 aromatic heterocycles. The Labute approximate surface area is 151 Å². The molecular formula is C19H20N6O. The number of hydrogen-bond donors (Lipinski definition) is 1. The van der Waals surface area contributed by atoms with Crippen LogP contribution in [0.15, 0.2) is 30.7 Å². The monoisotopic (exact) mass is 348 g/mol. The zero-order chi connectivity index (χ0) is 17.7. The summed E-state index contributed by atoms with van der Waals surface area (Å²) < 4.78 is 2.24. The molecule has 3 aromatic rings. The molecule has 2 aliphatic rings. The van der Waals surface area contributed by atoms with Gasteiger partial charge in [0, 0.05) is 36.8 Å². The van der Waals surface area contributed by atoms with Crippen LogP contribution in [0.1, 0.15) is 18.7 Å². The highest BCUT2D eigenvalue weighted by atomic mass is 16.2. The second kappa shape index (κ2) is 5.88. The summed E-state index contributed by atoms with van der Waals surface area (Å²) in [6, 6.07) is 3.97. The third-order valence-electron chi connectivity index (χ3n) is 5.12. The van der Waals surface area contributed by atoms with E-state index in [1.54, 1.807) is 6.20 Å². The normalized spacial score (nSPS) is 17.3. The number of carbonyl (C=O) groups excluding carboxylic acids is 1. The molecule has 0 atom stereocenters. The van der Waals surface area contributed by atoms with Crippen LogP contribution in [0, 0.1) is 5.92 Å². The molecule has 1 saturated carbocycles. The number of nitrogens with one attached hydrogen (secondary N) is 1. The summed E-state index contributed by atoms with van der Waals surface area (Å²) in [5.74, 6) is 1.91. The van der Waals surface area contributed by atoms with Crippen molar-refractivity contribution < 1.29 is 4.79 Å². The molecule has 5 rings (SSSR count). The lowest BCUT2D eigenvalue weighted by atomic mass is 10.1. The first-order valence-corrected chi connectivity index (χ1v) is 8.97. The van der Waals surface area contributed by atoms with Crippen LogP contribution in [0.5, 0.6) is 0 Å². The lowest BCUT2D eigenvalue weighted by Gasteiger charge is -2.24. The maximum absolute atomic E-state index is 12.0. The maximum atomic E-state index is 12.0. The number of carbonyl (C=O) groups is 1. The minimum absolute atomic E-state index is 0.0695. The van der Waals surface area contributed by atoms with Crippen molar-refractivity contribution in [1.82, 2.24) is 24.4 Å². The van der Waals surface area contributed by atoms with Gasteiger partial charge in [0.05, 0.1) is 24.1 Å². The van der Waals surface area contributed by atoms with E-state index < -0.39 is 0 Å². The van der Waals surface area contributed by atoms with Crippen LogP contribution < -0.4 is 5.32 Å². The van der Waals surface area contributed by atoms with Crippen LogP contribution in [0.25, 0.3) is 22.2 Å². The molecule has 0 saturated heterocycles. The van der Waals surface area contributed by atoms with E-state index in [2.05, 4.69) is 36.8 Å². The number of imidazole rings is 1. The number of pyridine rings is 2. The topological polar surface area (TPSA) is 75.9 Å². The number of aromatic nitrogens is 4. The van der Waals surface area contributed by atoms with Crippen LogP contribution in [-0.4, -0.2) is 43.9 Å². The van der Waals surface area contributed by atoms with Crippen molar-refractivity contribution in [2.24, 2.45) is 5.92 Å². The van der Waals surface area contributed by atoms with Gasteiger partial charge in [-0.2, -0.15) is 0 Å². The van der Waals surface area contributed by atoms with Gasteiger partial charge in [-0.25, -0.2) is 9.97 Å². The Balaban J connectivity index is 1.50. The van der Waals surface area contributed by atoms with E-state index in [4.69, 9.17) is 0 Å². The molecule has 1 amide bonds. The van der Waals surface area contributed by atoms with E-state index >= 15 is 0 Å². The molecule has 7 heteroatoms. The van der Waals surface area contributed by atoms with Gasteiger partial charge in [0.15, 0.2) is 0 Å². The van der Waals surface area contributed by atoms with Gasteiger partial charge in [0.25, 0.3) is 0 Å². The fourth-order valence-electron chi connectivity index (χ4n) is 3.41. The highest BCUT2D eigenvalue weighted by Crippen LogP contribution is 2.30. The Morgan fingerprint density at radius 1 is 1.08 bits per heavy atom. The predicted octanol–water partition coefficient (Wildman–Crippen LogP) is 2.29. The van der Waals surface area contributed by atoms with Crippen LogP contribution in [0.2, 0.25) is 0 Å². The third-order valence-corrected chi connectivity index (χ3v) is 5.12. The predicted molar refractivity (Wildman–Crippen MR) is 98.4 cm³/mol. The molecule has 132 valence electrons. The van der Waals surface area contributed by atoms with Crippen LogP contribution in [0.3, 0.4) is 0 Å². The van der Waals surface area contributed by atoms with Crippen molar-refractivity contribution in [3.05, 3.63) is 36.5 Å². The van der Waals surface area contributed by atoms with Crippen LogP contribution >= 0.6 is 0 Å². The van der Waals surface area contributed by atoms with Crippen LogP contribution in [-0.2, 0) is 17.9 Å². The van der Waals surface area contributed by atoms with Crippen molar-refractivity contribution in [2.45, 2.75) is 25.9 Å². The van der Waals surface area contributed by atoms with E-state index in [9.17, 15) is 4.79 Å². The zero-order valence-electron chi connectivity index (χ0n) is 14.6. The molecule has 0 unspecified atom stereocenters. The second-order valence-corrected chi connectivity index (χ2v) is 7.20. The average molecular weight is 348 g/mol. The number of fused-ring (bicyclic) bond motifs is 2. The lowest BCUT2D eigenvalue weighted by molar-refractivity contribution is -0.117. The van der Waals surface area contributed by atoms with E-state index in [1.165, 1.54) is 0 Å². The Bertz CT molecular complexity index is 1010. The Morgan fingerprint density at radius 3 is 2.77 bits per heavy atom. The molecule has 1 aliphatic heterocycles. The van der Waals surface area contributed by atoms with Crippen molar-refractivity contribution in [2.75, 3.05) is 18.9 Å². The molecule has 0 radical (unpaired) electrons. The molecule has 7 nitrogen and oxygen atoms in total. The minimum atomic E-state index is 0.0695. The number of rotatable bonds is 3. The van der Waals surface area contributed by atoms with Gasteiger partial charge < -0.3 is 9.88 Å². The van der Waals surface area contributed by atoms with Crippen molar-refractivity contribution in [3.8, 4) is 11.4 Å². The maximum Gasteiger partial charge on any atom is 0.228 e. The number of likely N-dealkylation sites (N-methyl/N-ethyl adjacent to an activating group) is 1. The van der Waals surface area contributed by atoms with Gasteiger partial charge in [0.2, 0.25) is 5.91 Å². The number of nitrogens with zero attached hydrogens (tertiary/aromatic N) is 5. The summed E-state index contributed by atoms with van der Waals surface area (Å²) >= 11 is 0. The van der Waals surface area contributed by atoms with Gasteiger partial charge >= 0.3 is 0 Å². The van der Waals surface area contributed by atoms with E-state index in [-0.39, 0.29) is 11.8 Å². The summed E-state index contributed by atoms with van der Waals surface area (Å²) in [4.78, 5) is 27.7. The molecule has 1 N–H and O–H groups in total. The van der Waals surface area contributed by atoms with Gasteiger partial charge in [-0.1, -0.05) is 0 Å². The fourth-order valence-corrected chi connectivity index (χ4v) is 3.41. The molecule has 4 heterocycles. The summed E-state index contributed by atoms with van der Waals surface area (Å²) in [6.45, 7) is 2.78. The molecule has 0 bridgehead atoms. The summed E-state index contributed by atoms with van der Waals surface area (Å²) in [5.41, 5.74) is 1.93.